The lowest BCUT2D eigenvalue weighted by Crippen LogP contribution is -3.09. The lowest BCUT2D eigenvalue weighted by atomic mass is 10.2. The number of aryl methyl sites for hydroxylation is 1. The van der Waals surface area contributed by atoms with Crippen LogP contribution in [0, 0.1) is 6.92 Å². The number of hydrogen-bond acceptors (Lipinski definition) is 5. The van der Waals surface area contributed by atoms with Gasteiger partial charge >= 0.3 is 0 Å². The summed E-state index contributed by atoms with van der Waals surface area (Å²) in [5, 5.41) is 0. The van der Waals surface area contributed by atoms with Gasteiger partial charge in [0.05, 0.1) is 42.6 Å². The van der Waals surface area contributed by atoms with Gasteiger partial charge in [0.25, 0.3) is 10.0 Å². The Morgan fingerprint density at radius 1 is 0.967 bits per heavy atom. The standard InChI is InChI=1S/C22H27N5O2S/c1-17-9-11-18(12-10-17)30(28,29)26(3)21-22(27-14-6-13-25(2)15-16-27)24-20-8-5-4-7-19(20)23-21/h4-5,7-12H,6,13-16H2,1-3H3/p+1. The van der Waals surface area contributed by atoms with E-state index < -0.39 is 10.0 Å². The molecule has 1 atom stereocenters. The number of quaternary nitrogens is 1. The number of anilines is 2. The SMILES string of the molecule is Cc1ccc(S(=O)(=O)N(C)c2nc3ccccc3nc2N2CCC[NH+](C)CC2)cc1. The van der Waals surface area contributed by atoms with Gasteiger partial charge in [0, 0.05) is 20.0 Å². The van der Waals surface area contributed by atoms with Crippen LogP contribution >= 0.6 is 0 Å². The van der Waals surface area contributed by atoms with Crippen molar-refractivity contribution in [2.24, 2.45) is 0 Å². The first-order valence-corrected chi connectivity index (χ1v) is 11.7. The average Bonchev–Trinajstić information content (AvgIpc) is 2.97. The molecule has 30 heavy (non-hydrogen) atoms. The number of fused-ring (bicyclic) bond motifs is 1. The first-order valence-electron chi connectivity index (χ1n) is 10.2. The van der Waals surface area contributed by atoms with Gasteiger partial charge in [0.1, 0.15) is 0 Å². The molecule has 2 aromatic carbocycles. The van der Waals surface area contributed by atoms with Gasteiger partial charge in [-0.3, -0.25) is 0 Å². The molecule has 1 fully saturated rings. The second-order valence-corrected chi connectivity index (χ2v) is 9.91. The molecule has 1 aliphatic heterocycles. The molecule has 8 heteroatoms. The number of hydrogen-bond donors (Lipinski definition) is 1. The summed E-state index contributed by atoms with van der Waals surface area (Å²) in [7, 11) is -0.0124. The maximum absolute atomic E-state index is 13.4. The molecule has 0 saturated carbocycles. The van der Waals surface area contributed by atoms with Crippen molar-refractivity contribution in [3.05, 3.63) is 54.1 Å². The normalized spacial score (nSPS) is 17.7. The van der Waals surface area contributed by atoms with Gasteiger partial charge < -0.3 is 9.80 Å². The van der Waals surface area contributed by atoms with Crippen molar-refractivity contribution in [3.8, 4) is 0 Å². The lowest BCUT2D eigenvalue weighted by Gasteiger charge is -2.27. The van der Waals surface area contributed by atoms with Crippen LogP contribution in [0.2, 0.25) is 0 Å². The Hall–Kier alpha value is -2.71. The zero-order chi connectivity index (χ0) is 21.3. The number of nitrogens with one attached hydrogen (secondary N) is 1. The van der Waals surface area contributed by atoms with Crippen LogP contribution in [-0.4, -0.2) is 58.7 Å². The van der Waals surface area contributed by atoms with Crippen molar-refractivity contribution in [1.29, 1.82) is 0 Å². The largest absolute Gasteiger partial charge is 0.348 e. The minimum Gasteiger partial charge on any atom is -0.348 e. The highest BCUT2D eigenvalue weighted by Gasteiger charge is 2.29. The van der Waals surface area contributed by atoms with E-state index >= 15 is 0 Å². The van der Waals surface area contributed by atoms with Crippen molar-refractivity contribution in [3.63, 3.8) is 0 Å². The van der Waals surface area contributed by atoms with Gasteiger partial charge in [-0.1, -0.05) is 29.8 Å². The molecule has 1 unspecified atom stereocenters. The van der Waals surface area contributed by atoms with Crippen LogP contribution in [0.5, 0.6) is 0 Å². The topological polar surface area (TPSA) is 70.8 Å². The van der Waals surface area contributed by atoms with Crippen molar-refractivity contribution in [2.75, 3.05) is 49.5 Å². The van der Waals surface area contributed by atoms with Crippen LogP contribution in [0.4, 0.5) is 11.6 Å². The highest BCUT2D eigenvalue weighted by atomic mass is 32.2. The van der Waals surface area contributed by atoms with Crippen LogP contribution in [0.1, 0.15) is 12.0 Å². The number of benzene rings is 2. The molecule has 3 aromatic rings. The van der Waals surface area contributed by atoms with Crippen molar-refractivity contribution < 1.29 is 13.3 Å². The van der Waals surface area contributed by atoms with Gasteiger partial charge in [-0.05, 0) is 31.2 Å². The lowest BCUT2D eigenvalue weighted by molar-refractivity contribution is -0.876. The Labute approximate surface area is 178 Å². The fourth-order valence-electron chi connectivity index (χ4n) is 3.73. The third kappa shape index (κ3) is 3.97. The number of para-hydroxylation sites is 2. The van der Waals surface area contributed by atoms with E-state index in [-0.39, 0.29) is 4.90 Å². The van der Waals surface area contributed by atoms with Crippen LogP contribution in [-0.2, 0) is 10.0 Å². The highest BCUT2D eigenvalue weighted by molar-refractivity contribution is 7.92. The fourth-order valence-corrected chi connectivity index (χ4v) is 4.88. The van der Waals surface area contributed by atoms with Gasteiger partial charge in [0.15, 0.2) is 11.6 Å². The van der Waals surface area contributed by atoms with Crippen molar-refractivity contribution >= 4 is 32.7 Å². The molecule has 1 aliphatic rings. The van der Waals surface area contributed by atoms with Crippen LogP contribution in [0.25, 0.3) is 11.0 Å². The maximum atomic E-state index is 13.4. The third-order valence-electron chi connectivity index (χ3n) is 5.65. The molecule has 2 heterocycles. The minimum atomic E-state index is -3.76. The Bertz CT molecular complexity index is 1150. The number of likely N-dealkylation sites (N-methyl/N-ethyl adjacent to an activating group) is 1. The molecule has 1 N–H and O–H groups in total. The summed E-state index contributed by atoms with van der Waals surface area (Å²) in [5.41, 5.74) is 2.46. The van der Waals surface area contributed by atoms with Crippen LogP contribution in [0.15, 0.2) is 53.4 Å². The van der Waals surface area contributed by atoms with E-state index in [2.05, 4.69) is 11.9 Å². The summed E-state index contributed by atoms with van der Waals surface area (Å²) in [6, 6.07) is 14.5. The highest BCUT2D eigenvalue weighted by Crippen LogP contribution is 2.31. The molecule has 0 radical (unpaired) electrons. The molecule has 158 valence electrons. The van der Waals surface area contributed by atoms with E-state index in [9.17, 15) is 8.42 Å². The van der Waals surface area contributed by atoms with E-state index in [4.69, 9.17) is 9.97 Å². The Balaban J connectivity index is 1.82. The van der Waals surface area contributed by atoms with E-state index in [0.717, 1.165) is 43.7 Å². The Kier molecular flexibility index (Phi) is 5.62. The first kappa shape index (κ1) is 20.6. The van der Waals surface area contributed by atoms with Gasteiger partial charge in [0.2, 0.25) is 0 Å². The van der Waals surface area contributed by atoms with Gasteiger partial charge in [-0.2, -0.15) is 0 Å². The minimum absolute atomic E-state index is 0.247. The van der Waals surface area contributed by atoms with Gasteiger partial charge in [-0.15, -0.1) is 0 Å². The summed E-state index contributed by atoms with van der Waals surface area (Å²) in [4.78, 5) is 13.5. The van der Waals surface area contributed by atoms with Crippen molar-refractivity contribution in [1.82, 2.24) is 9.97 Å². The van der Waals surface area contributed by atoms with Crippen LogP contribution in [0.3, 0.4) is 0 Å². The monoisotopic (exact) mass is 426 g/mol. The van der Waals surface area contributed by atoms with E-state index in [1.165, 1.54) is 9.21 Å². The molecule has 1 aromatic heterocycles. The van der Waals surface area contributed by atoms with E-state index in [1.807, 2.05) is 31.2 Å². The fraction of sp³-hybridized carbons (Fsp3) is 0.364. The summed E-state index contributed by atoms with van der Waals surface area (Å²) < 4.78 is 28.0. The molecule has 0 aliphatic carbocycles. The molecule has 0 spiro atoms. The first-order chi connectivity index (χ1) is 14.4. The van der Waals surface area contributed by atoms with Crippen LogP contribution < -0.4 is 14.1 Å². The molecular formula is C22H28N5O2S+. The van der Waals surface area contributed by atoms with Gasteiger partial charge in [-0.25, -0.2) is 22.7 Å². The second-order valence-electron chi connectivity index (χ2n) is 7.94. The summed E-state index contributed by atoms with van der Waals surface area (Å²) in [6.45, 7) is 5.64. The maximum Gasteiger partial charge on any atom is 0.265 e. The molecular weight excluding hydrogens is 398 g/mol. The molecule has 1 saturated heterocycles. The predicted octanol–water partition coefficient (Wildman–Crippen LogP) is 1.49. The van der Waals surface area contributed by atoms with E-state index in [1.54, 1.807) is 31.3 Å². The zero-order valence-corrected chi connectivity index (χ0v) is 18.5. The second kappa shape index (κ2) is 8.20. The zero-order valence-electron chi connectivity index (χ0n) is 17.7. The molecule has 0 bridgehead atoms. The number of aromatic nitrogens is 2. The van der Waals surface area contributed by atoms with E-state index in [0.29, 0.717) is 17.2 Å². The molecule has 7 nitrogen and oxygen atoms in total. The smallest absolute Gasteiger partial charge is 0.265 e. The Morgan fingerprint density at radius 3 is 2.33 bits per heavy atom. The predicted molar refractivity (Wildman–Crippen MR) is 120 cm³/mol. The summed E-state index contributed by atoms with van der Waals surface area (Å²) in [5.74, 6) is 0.996. The molecule has 0 amide bonds. The number of rotatable bonds is 4. The number of sulfonamides is 1. The summed E-state index contributed by atoms with van der Waals surface area (Å²) in [6.07, 6.45) is 1.02. The number of nitrogens with zero attached hydrogens (tertiary/aromatic N) is 4. The quantitative estimate of drug-likeness (QED) is 0.685. The third-order valence-corrected chi connectivity index (χ3v) is 7.41. The Morgan fingerprint density at radius 2 is 1.63 bits per heavy atom. The molecule has 4 rings (SSSR count). The summed E-state index contributed by atoms with van der Waals surface area (Å²) >= 11 is 0. The van der Waals surface area contributed by atoms with Crippen molar-refractivity contribution in [2.45, 2.75) is 18.2 Å². The average molecular weight is 427 g/mol.